The Morgan fingerprint density at radius 1 is 1.43 bits per heavy atom. The Kier molecular flexibility index (Phi) is 4.42. The quantitative estimate of drug-likeness (QED) is 0.842. The summed E-state index contributed by atoms with van der Waals surface area (Å²) >= 11 is 0. The molecule has 1 aromatic carbocycles. The number of carboxylic acid groups (broad SMARTS) is 1. The molecule has 0 bridgehead atoms. The Hall–Kier alpha value is -2.57. The van der Waals surface area contributed by atoms with Crippen LogP contribution in [0.2, 0.25) is 0 Å². The van der Waals surface area contributed by atoms with Crippen LogP contribution in [0, 0.1) is 0 Å². The minimum atomic E-state index is -0.885. The number of carbonyl (C=O) groups is 3. The molecule has 2 amide bonds. The molecule has 0 atom stereocenters. The molecule has 0 aromatic heterocycles. The number of nitrogens with one attached hydrogen (secondary N) is 1. The average Bonchev–Trinajstić information content (AvgIpc) is 2.45. The molecule has 0 saturated carbocycles. The number of hydrogen-bond acceptors (Lipinski definition) is 4. The lowest BCUT2D eigenvalue weighted by Crippen LogP contribution is -2.29. The lowest BCUT2D eigenvalue weighted by atomic mass is 10.1. The molecule has 21 heavy (non-hydrogen) atoms. The Labute approximate surface area is 121 Å². The van der Waals surface area contributed by atoms with Crippen molar-refractivity contribution in [1.82, 2.24) is 4.90 Å². The average molecular weight is 292 g/mol. The topological polar surface area (TPSA) is 95.9 Å². The van der Waals surface area contributed by atoms with Gasteiger partial charge < -0.3 is 20.1 Å². The van der Waals surface area contributed by atoms with E-state index < -0.39 is 5.97 Å². The van der Waals surface area contributed by atoms with E-state index >= 15 is 0 Å². The van der Waals surface area contributed by atoms with Crippen LogP contribution in [0.5, 0.6) is 5.75 Å². The molecule has 0 aliphatic carbocycles. The van der Waals surface area contributed by atoms with Crippen LogP contribution in [0.4, 0.5) is 5.69 Å². The Morgan fingerprint density at radius 3 is 2.90 bits per heavy atom. The third-order valence-corrected chi connectivity index (χ3v) is 3.09. The molecule has 7 nitrogen and oxygen atoms in total. The molecule has 2 N–H and O–H groups in total. The molecule has 0 saturated heterocycles. The summed E-state index contributed by atoms with van der Waals surface area (Å²) in [5.41, 5.74) is 0.883. The summed E-state index contributed by atoms with van der Waals surface area (Å²) < 4.78 is 5.22. The standard InChI is InChI=1S/C14H16N2O5/c1-16(6-2-3-13(18)19)14(20)9-4-5-11-10(7-9)15-12(17)8-21-11/h4-5,7H,2-3,6,8H2,1H3,(H,15,17)(H,18,19). The summed E-state index contributed by atoms with van der Waals surface area (Å²) in [7, 11) is 1.61. The maximum Gasteiger partial charge on any atom is 0.303 e. The number of aliphatic carboxylic acids is 1. The van der Waals surface area contributed by atoms with Gasteiger partial charge in [0.05, 0.1) is 5.69 Å². The molecule has 7 heteroatoms. The Balaban J connectivity index is 2.04. The Morgan fingerprint density at radius 2 is 2.19 bits per heavy atom. The highest BCUT2D eigenvalue weighted by molar-refractivity contribution is 5.99. The van der Waals surface area contributed by atoms with Gasteiger partial charge in [-0.1, -0.05) is 0 Å². The highest BCUT2D eigenvalue weighted by atomic mass is 16.5. The van der Waals surface area contributed by atoms with Crippen LogP contribution in [0.3, 0.4) is 0 Å². The first-order valence-electron chi connectivity index (χ1n) is 6.51. The van der Waals surface area contributed by atoms with Crippen molar-refractivity contribution in [3.8, 4) is 5.75 Å². The smallest absolute Gasteiger partial charge is 0.303 e. The monoisotopic (exact) mass is 292 g/mol. The largest absolute Gasteiger partial charge is 0.482 e. The number of fused-ring (bicyclic) bond motifs is 1. The second kappa shape index (κ2) is 6.25. The van der Waals surface area contributed by atoms with Gasteiger partial charge in [0.2, 0.25) is 0 Å². The van der Waals surface area contributed by atoms with Crippen LogP contribution in [-0.2, 0) is 9.59 Å². The minimum absolute atomic E-state index is 0.0195. The van der Waals surface area contributed by atoms with Gasteiger partial charge in [-0.3, -0.25) is 14.4 Å². The van der Waals surface area contributed by atoms with Gasteiger partial charge in [-0.05, 0) is 24.6 Å². The fraction of sp³-hybridized carbons (Fsp3) is 0.357. The first-order valence-corrected chi connectivity index (χ1v) is 6.51. The van der Waals surface area contributed by atoms with Crippen molar-refractivity contribution in [1.29, 1.82) is 0 Å². The van der Waals surface area contributed by atoms with Gasteiger partial charge in [0.1, 0.15) is 5.75 Å². The van der Waals surface area contributed by atoms with E-state index in [2.05, 4.69) is 5.32 Å². The predicted molar refractivity (Wildman–Crippen MR) is 74.4 cm³/mol. The van der Waals surface area contributed by atoms with Gasteiger partial charge in [0.25, 0.3) is 11.8 Å². The molecule has 112 valence electrons. The third-order valence-electron chi connectivity index (χ3n) is 3.09. The van der Waals surface area contributed by atoms with E-state index in [1.165, 1.54) is 4.90 Å². The number of nitrogens with zero attached hydrogens (tertiary/aromatic N) is 1. The molecule has 1 heterocycles. The number of anilines is 1. The summed E-state index contributed by atoms with van der Waals surface area (Å²) in [6.07, 6.45) is 0.411. The summed E-state index contributed by atoms with van der Waals surface area (Å²) in [6.45, 7) is 0.320. The summed E-state index contributed by atoms with van der Waals surface area (Å²) in [4.78, 5) is 35.4. The zero-order valence-corrected chi connectivity index (χ0v) is 11.6. The van der Waals surface area contributed by atoms with Gasteiger partial charge in [0, 0.05) is 25.6 Å². The number of ether oxygens (including phenoxy) is 1. The highest BCUT2D eigenvalue weighted by Crippen LogP contribution is 2.28. The number of benzene rings is 1. The van der Waals surface area contributed by atoms with E-state index in [0.29, 0.717) is 30.0 Å². The van der Waals surface area contributed by atoms with Crippen molar-refractivity contribution < 1.29 is 24.2 Å². The summed E-state index contributed by atoms with van der Waals surface area (Å²) in [6, 6.07) is 4.81. The van der Waals surface area contributed by atoms with Gasteiger partial charge in [-0.25, -0.2) is 0 Å². The fourth-order valence-electron chi connectivity index (χ4n) is 2.01. The first-order chi connectivity index (χ1) is 9.97. The zero-order chi connectivity index (χ0) is 15.4. The second-order valence-electron chi connectivity index (χ2n) is 4.77. The van der Waals surface area contributed by atoms with E-state index in [1.54, 1.807) is 25.2 Å². The molecule has 0 fully saturated rings. The van der Waals surface area contributed by atoms with Crippen LogP contribution < -0.4 is 10.1 Å². The van der Waals surface area contributed by atoms with Crippen LogP contribution in [-0.4, -0.2) is 48.0 Å². The number of amides is 2. The molecule has 1 aliphatic heterocycles. The lowest BCUT2D eigenvalue weighted by molar-refractivity contribution is -0.137. The van der Waals surface area contributed by atoms with Crippen molar-refractivity contribution >= 4 is 23.5 Å². The van der Waals surface area contributed by atoms with E-state index in [4.69, 9.17) is 9.84 Å². The molecule has 0 spiro atoms. The van der Waals surface area contributed by atoms with Gasteiger partial charge in [-0.2, -0.15) is 0 Å². The van der Waals surface area contributed by atoms with Crippen molar-refractivity contribution in [3.05, 3.63) is 23.8 Å². The summed E-state index contributed by atoms with van der Waals surface area (Å²) in [5.74, 6) is -0.853. The maximum absolute atomic E-state index is 12.2. The molecule has 1 aromatic rings. The van der Waals surface area contributed by atoms with Crippen LogP contribution in [0.25, 0.3) is 0 Å². The molecular formula is C14H16N2O5. The first kappa shape index (κ1) is 14.8. The lowest BCUT2D eigenvalue weighted by Gasteiger charge is -2.20. The van der Waals surface area contributed by atoms with Crippen LogP contribution in [0.1, 0.15) is 23.2 Å². The predicted octanol–water partition coefficient (Wildman–Crippen LogP) is 0.954. The SMILES string of the molecule is CN(CCCC(=O)O)C(=O)c1ccc2c(c1)NC(=O)CO2. The second-order valence-corrected chi connectivity index (χ2v) is 4.77. The third kappa shape index (κ3) is 3.71. The van der Waals surface area contributed by atoms with Crippen LogP contribution >= 0.6 is 0 Å². The molecule has 1 aliphatic rings. The van der Waals surface area contributed by atoms with Gasteiger partial charge in [0.15, 0.2) is 6.61 Å². The van der Waals surface area contributed by atoms with E-state index in [1.807, 2.05) is 0 Å². The Bertz CT molecular complexity index is 585. The fourth-order valence-corrected chi connectivity index (χ4v) is 2.01. The van der Waals surface area contributed by atoms with E-state index in [0.717, 1.165) is 0 Å². The number of hydrogen-bond donors (Lipinski definition) is 2. The van der Waals surface area contributed by atoms with E-state index in [-0.39, 0.29) is 24.8 Å². The molecule has 2 rings (SSSR count). The highest BCUT2D eigenvalue weighted by Gasteiger charge is 2.19. The van der Waals surface area contributed by atoms with Gasteiger partial charge in [-0.15, -0.1) is 0 Å². The minimum Gasteiger partial charge on any atom is -0.482 e. The van der Waals surface area contributed by atoms with Crippen molar-refractivity contribution in [2.24, 2.45) is 0 Å². The number of carbonyl (C=O) groups excluding carboxylic acids is 2. The number of rotatable bonds is 5. The van der Waals surface area contributed by atoms with Crippen molar-refractivity contribution in [2.75, 3.05) is 25.5 Å². The van der Waals surface area contributed by atoms with Gasteiger partial charge >= 0.3 is 5.97 Å². The normalized spacial score (nSPS) is 12.9. The van der Waals surface area contributed by atoms with Crippen molar-refractivity contribution in [2.45, 2.75) is 12.8 Å². The molecular weight excluding hydrogens is 276 g/mol. The van der Waals surface area contributed by atoms with E-state index in [9.17, 15) is 14.4 Å². The van der Waals surface area contributed by atoms with Crippen molar-refractivity contribution in [3.63, 3.8) is 0 Å². The summed E-state index contributed by atoms with van der Waals surface area (Å²) in [5, 5.41) is 11.2. The number of carboxylic acids is 1. The maximum atomic E-state index is 12.2. The zero-order valence-electron chi connectivity index (χ0n) is 11.6. The van der Waals surface area contributed by atoms with Crippen LogP contribution in [0.15, 0.2) is 18.2 Å². The molecule has 0 unspecified atom stereocenters. The molecule has 0 radical (unpaired) electrons.